The third-order valence-electron chi connectivity index (χ3n) is 5.29. The smallest absolute Gasteiger partial charge is 0.302 e. The van der Waals surface area contributed by atoms with Crippen LogP contribution in [-0.4, -0.2) is 55.2 Å². The standard InChI is InChI=1S/C19H23ClF3N5O3S/c1-26-7-3-4-15(26)12-28(16-10-24-27(2)11-16)32(30,31)25-18(29)8-13-5-6-14(9-17(13)20)19(21,22)23/h5-6,9-11,15H,3-4,7-8,12H2,1-2H3,(H,25,29)/t15-/m0/s1. The van der Waals surface area contributed by atoms with Crippen molar-refractivity contribution in [2.75, 3.05) is 24.4 Å². The molecule has 1 fully saturated rings. The van der Waals surface area contributed by atoms with E-state index < -0.39 is 34.3 Å². The summed E-state index contributed by atoms with van der Waals surface area (Å²) < 4.78 is 69.0. The molecule has 32 heavy (non-hydrogen) atoms. The highest BCUT2D eigenvalue weighted by atomic mass is 35.5. The zero-order valence-electron chi connectivity index (χ0n) is 17.4. The molecular formula is C19H23ClF3N5O3S. The molecule has 1 N–H and O–H groups in total. The molecule has 1 aliphatic heterocycles. The molecule has 2 heterocycles. The number of benzene rings is 1. The number of hydrogen-bond acceptors (Lipinski definition) is 5. The zero-order chi connectivity index (χ0) is 23.7. The van der Waals surface area contributed by atoms with E-state index in [0.717, 1.165) is 35.8 Å². The van der Waals surface area contributed by atoms with Gasteiger partial charge in [0.1, 0.15) is 0 Å². The first-order chi connectivity index (χ1) is 14.9. The number of aromatic nitrogens is 2. The van der Waals surface area contributed by atoms with Crippen molar-refractivity contribution in [1.82, 2.24) is 19.4 Å². The van der Waals surface area contributed by atoms with E-state index in [0.29, 0.717) is 11.8 Å². The number of rotatable bonds is 7. The van der Waals surface area contributed by atoms with Crippen molar-refractivity contribution in [2.24, 2.45) is 7.05 Å². The molecule has 0 radical (unpaired) electrons. The molecule has 1 amide bonds. The van der Waals surface area contributed by atoms with E-state index in [1.54, 1.807) is 7.05 Å². The van der Waals surface area contributed by atoms with Crippen molar-refractivity contribution in [3.8, 4) is 0 Å². The van der Waals surface area contributed by atoms with Gasteiger partial charge < -0.3 is 4.90 Å². The zero-order valence-corrected chi connectivity index (χ0v) is 19.0. The number of nitrogens with zero attached hydrogens (tertiary/aromatic N) is 4. The molecule has 2 aromatic rings. The van der Waals surface area contributed by atoms with Crippen LogP contribution in [-0.2, 0) is 34.6 Å². The number of likely N-dealkylation sites (N-methyl/N-ethyl adjacent to an activating group) is 1. The molecule has 0 unspecified atom stereocenters. The Hall–Kier alpha value is -2.31. The van der Waals surface area contributed by atoms with Gasteiger partial charge in [0.25, 0.3) is 0 Å². The fraction of sp³-hybridized carbons (Fsp3) is 0.474. The number of anilines is 1. The summed E-state index contributed by atoms with van der Waals surface area (Å²) in [4.78, 5) is 14.5. The topological polar surface area (TPSA) is 87.5 Å². The first-order valence-electron chi connectivity index (χ1n) is 9.74. The van der Waals surface area contributed by atoms with Gasteiger partial charge in [0, 0.05) is 24.3 Å². The molecule has 1 atom stereocenters. The van der Waals surface area contributed by atoms with Crippen LogP contribution in [0.3, 0.4) is 0 Å². The molecule has 0 saturated carbocycles. The van der Waals surface area contributed by atoms with Gasteiger partial charge in [-0.3, -0.25) is 9.48 Å². The first kappa shape index (κ1) is 24.3. The Morgan fingerprint density at radius 1 is 1.34 bits per heavy atom. The average Bonchev–Trinajstić information content (AvgIpc) is 3.27. The van der Waals surface area contributed by atoms with Gasteiger partial charge in [-0.25, -0.2) is 9.03 Å². The minimum Gasteiger partial charge on any atom is -0.302 e. The molecule has 0 aliphatic carbocycles. The lowest BCUT2D eigenvalue weighted by Gasteiger charge is -2.28. The highest BCUT2D eigenvalue weighted by Gasteiger charge is 2.33. The summed E-state index contributed by atoms with van der Waals surface area (Å²) in [5.41, 5.74) is -0.584. The molecule has 0 spiro atoms. The number of carbonyl (C=O) groups excluding carboxylic acids is 1. The fourth-order valence-corrected chi connectivity index (χ4v) is 5.01. The number of alkyl halides is 3. The van der Waals surface area contributed by atoms with E-state index in [9.17, 15) is 26.4 Å². The summed E-state index contributed by atoms with van der Waals surface area (Å²) in [7, 11) is -0.766. The molecule has 0 bridgehead atoms. The van der Waals surface area contributed by atoms with Gasteiger partial charge in [0.05, 0.1) is 30.4 Å². The fourth-order valence-electron chi connectivity index (χ4n) is 3.56. The number of halogens is 4. The Morgan fingerprint density at radius 3 is 2.59 bits per heavy atom. The van der Waals surface area contributed by atoms with Gasteiger partial charge in [0.15, 0.2) is 0 Å². The lowest BCUT2D eigenvalue weighted by molar-refractivity contribution is -0.137. The Kier molecular flexibility index (Phi) is 7.06. The van der Waals surface area contributed by atoms with Crippen LogP contribution in [0.1, 0.15) is 24.0 Å². The van der Waals surface area contributed by atoms with E-state index in [1.165, 1.54) is 17.1 Å². The van der Waals surface area contributed by atoms with Gasteiger partial charge >= 0.3 is 16.4 Å². The molecule has 1 aromatic carbocycles. The van der Waals surface area contributed by atoms with E-state index in [1.807, 2.05) is 16.7 Å². The maximum Gasteiger partial charge on any atom is 0.416 e. The van der Waals surface area contributed by atoms with Crippen LogP contribution >= 0.6 is 11.6 Å². The number of aryl methyl sites for hydroxylation is 1. The van der Waals surface area contributed by atoms with Gasteiger partial charge in [-0.05, 0) is 44.1 Å². The van der Waals surface area contributed by atoms with E-state index in [4.69, 9.17) is 11.6 Å². The number of amides is 1. The second kappa shape index (κ2) is 9.28. The van der Waals surface area contributed by atoms with Crippen molar-refractivity contribution in [2.45, 2.75) is 31.5 Å². The van der Waals surface area contributed by atoms with Gasteiger partial charge in [-0.2, -0.15) is 26.7 Å². The lowest BCUT2D eigenvalue weighted by Crippen LogP contribution is -2.48. The largest absolute Gasteiger partial charge is 0.416 e. The van der Waals surface area contributed by atoms with E-state index >= 15 is 0 Å². The van der Waals surface area contributed by atoms with Crippen LogP contribution < -0.4 is 9.03 Å². The summed E-state index contributed by atoms with van der Waals surface area (Å²) in [6.45, 7) is 0.955. The van der Waals surface area contributed by atoms with Crippen LogP contribution in [0.2, 0.25) is 5.02 Å². The predicted octanol–water partition coefficient (Wildman–Crippen LogP) is 2.60. The van der Waals surface area contributed by atoms with Crippen molar-refractivity contribution in [3.63, 3.8) is 0 Å². The van der Waals surface area contributed by atoms with Gasteiger partial charge in [0.2, 0.25) is 5.91 Å². The molecule has 1 aliphatic rings. The third-order valence-corrected chi connectivity index (χ3v) is 7.07. The van der Waals surface area contributed by atoms with Crippen LogP contribution in [0, 0.1) is 0 Å². The SMILES string of the molecule is CN1CCC[C@H]1CN(c1cnn(C)c1)S(=O)(=O)NC(=O)Cc1ccc(C(F)(F)F)cc1Cl. The van der Waals surface area contributed by atoms with Crippen molar-refractivity contribution in [3.05, 3.63) is 46.7 Å². The molecule has 3 rings (SSSR count). The van der Waals surface area contributed by atoms with Crippen LogP contribution in [0.15, 0.2) is 30.6 Å². The molecule has 1 saturated heterocycles. The molecule has 1 aromatic heterocycles. The lowest BCUT2D eigenvalue weighted by atomic mass is 10.1. The summed E-state index contributed by atoms with van der Waals surface area (Å²) in [6, 6.07) is 2.52. The Balaban J connectivity index is 1.77. The molecule has 8 nitrogen and oxygen atoms in total. The second-order valence-electron chi connectivity index (χ2n) is 7.69. The van der Waals surface area contributed by atoms with Gasteiger partial charge in [-0.1, -0.05) is 17.7 Å². The number of nitrogens with one attached hydrogen (secondary N) is 1. The van der Waals surface area contributed by atoms with Crippen LogP contribution in [0.5, 0.6) is 0 Å². The second-order valence-corrected chi connectivity index (χ2v) is 9.69. The highest BCUT2D eigenvalue weighted by Crippen LogP contribution is 2.32. The van der Waals surface area contributed by atoms with Crippen LogP contribution in [0.25, 0.3) is 0 Å². The average molecular weight is 494 g/mol. The Labute approximate surface area is 189 Å². The Morgan fingerprint density at radius 2 is 2.06 bits per heavy atom. The van der Waals surface area contributed by atoms with Crippen LogP contribution in [0.4, 0.5) is 18.9 Å². The maximum absolute atomic E-state index is 13.1. The van der Waals surface area contributed by atoms with Crippen molar-refractivity contribution < 1.29 is 26.4 Å². The number of likely N-dealkylation sites (tertiary alicyclic amines) is 1. The number of hydrogen-bond donors (Lipinski definition) is 1. The summed E-state index contributed by atoms with van der Waals surface area (Å²) >= 11 is 5.88. The van der Waals surface area contributed by atoms with E-state index in [-0.39, 0.29) is 23.2 Å². The minimum atomic E-state index is -4.58. The third kappa shape index (κ3) is 5.73. The summed E-state index contributed by atoms with van der Waals surface area (Å²) in [5.74, 6) is -0.916. The monoisotopic (exact) mass is 493 g/mol. The predicted molar refractivity (Wildman–Crippen MR) is 113 cm³/mol. The quantitative estimate of drug-likeness (QED) is 0.640. The van der Waals surface area contributed by atoms with Gasteiger partial charge in [-0.15, -0.1) is 0 Å². The Bertz CT molecular complexity index is 1090. The maximum atomic E-state index is 13.1. The van der Waals surface area contributed by atoms with Crippen molar-refractivity contribution >= 4 is 33.4 Å². The molecule has 13 heteroatoms. The summed E-state index contributed by atoms with van der Waals surface area (Å²) in [6.07, 6.45) is -0.443. The summed E-state index contributed by atoms with van der Waals surface area (Å²) in [5, 5.41) is 3.73. The molecule has 176 valence electrons. The number of carbonyl (C=O) groups is 1. The molecular weight excluding hydrogens is 471 g/mol. The van der Waals surface area contributed by atoms with Crippen molar-refractivity contribution in [1.29, 1.82) is 0 Å². The normalized spacial score (nSPS) is 17.5. The minimum absolute atomic E-state index is 0.0359. The van der Waals surface area contributed by atoms with E-state index in [2.05, 4.69) is 5.10 Å². The highest BCUT2D eigenvalue weighted by molar-refractivity contribution is 7.91. The first-order valence-corrected chi connectivity index (χ1v) is 11.6.